The molecule has 5 heteroatoms. The predicted octanol–water partition coefficient (Wildman–Crippen LogP) is 4.75. The van der Waals surface area contributed by atoms with Gasteiger partial charge in [0.2, 0.25) is 0 Å². The van der Waals surface area contributed by atoms with Crippen LogP contribution >= 0.6 is 27.5 Å². The standard InChI is InChI=1S/C15H11BrClFN2/c1-20(9-10-2-5-12(17)6-3-10)13-7-4-11(8-19)14(16)15(13)18/h2-7H,9H2,1H3. The summed E-state index contributed by atoms with van der Waals surface area (Å²) in [5, 5.41) is 9.53. The lowest BCUT2D eigenvalue weighted by molar-refractivity contribution is 0.615. The van der Waals surface area contributed by atoms with Crippen LogP contribution in [0.4, 0.5) is 10.1 Å². The van der Waals surface area contributed by atoms with Crippen molar-refractivity contribution in [1.82, 2.24) is 0 Å². The number of anilines is 1. The van der Waals surface area contributed by atoms with Crippen molar-refractivity contribution in [3.8, 4) is 6.07 Å². The van der Waals surface area contributed by atoms with Gasteiger partial charge in [0.1, 0.15) is 6.07 Å². The molecule has 0 unspecified atom stereocenters. The fourth-order valence-corrected chi connectivity index (χ4v) is 2.42. The summed E-state index contributed by atoms with van der Waals surface area (Å²) in [6.07, 6.45) is 0. The van der Waals surface area contributed by atoms with Crippen molar-refractivity contribution in [2.45, 2.75) is 6.54 Å². The van der Waals surface area contributed by atoms with Crippen LogP contribution < -0.4 is 4.90 Å². The second-order valence-corrected chi connectivity index (χ2v) is 5.58. The van der Waals surface area contributed by atoms with Crippen molar-refractivity contribution >= 4 is 33.2 Å². The monoisotopic (exact) mass is 352 g/mol. The Morgan fingerprint density at radius 1 is 1.25 bits per heavy atom. The second-order valence-electron chi connectivity index (χ2n) is 4.35. The van der Waals surface area contributed by atoms with Crippen molar-refractivity contribution in [3.63, 3.8) is 0 Å². The number of halogens is 3. The molecule has 0 fully saturated rings. The fourth-order valence-electron chi connectivity index (χ4n) is 1.87. The Bertz CT molecular complexity index is 665. The molecule has 0 spiro atoms. The molecule has 0 heterocycles. The zero-order valence-corrected chi connectivity index (χ0v) is 13.0. The summed E-state index contributed by atoms with van der Waals surface area (Å²) in [5.41, 5.74) is 1.74. The minimum atomic E-state index is -0.430. The lowest BCUT2D eigenvalue weighted by Gasteiger charge is -2.21. The van der Waals surface area contributed by atoms with Crippen LogP contribution in [0.5, 0.6) is 0 Å². The molecular formula is C15H11BrClFN2. The molecule has 2 rings (SSSR count). The van der Waals surface area contributed by atoms with Gasteiger partial charge in [-0.1, -0.05) is 23.7 Å². The molecule has 0 bridgehead atoms. The molecular weight excluding hydrogens is 343 g/mol. The van der Waals surface area contributed by atoms with Crippen LogP contribution in [-0.2, 0) is 6.54 Å². The lowest BCUT2D eigenvalue weighted by Crippen LogP contribution is -2.18. The van der Waals surface area contributed by atoms with Crippen LogP contribution in [0.1, 0.15) is 11.1 Å². The molecule has 0 N–H and O–H groups in total. The summed E-state index contributed by atoms with van der Waals surface area (Å²) in [6, 6.07) is 12.5. The van der Waals surface area contributed by atoms with Crippen LogP contribution in [-0.4, -0.2) is 7.05 Å². The van der Waals surface area contributed by atoms with Crippen molar-refractivity contribution in [2.24, 2.45) is 0 Å². The van der Waals surface area contributed by atoms with Gasteiger partial charge in [-0.2, -0.15) is 5.26 Å². The Labute approximate surface area is 130 Å². The van der Waals surface area contributed by atoms with Gasteiger partial charge in [0.25, 0.3) is 0 Å². The quantitative estimate of drug-likeness (QED) is 0.796. The lowest BCUT2D eigenvalue weighted by atomic mass is 10.1. The molecule has 2 nitrogen and oxygen atoms in total. The van der Waals surface area contributed by atoms with Crippen LogP contribution in [0.2, 0.25) is 5.02 Å². The number of hydrogen-bond acceptors (Lipinski definition) is 2. The van der Waals surface area contributed by atoms with Crippen molar-refractivity contribution in [1.29, 1.82) is 5.26 Å². The molecule has 2 aromatic rings. The maximum Gasteiger partial charge on any atom is 0.161 e. The van der Waals surface area contributed by atoms with Gasteiger partial charge in [-0.25, -0.2) is 4.39 Å². The summed E-state index contributed by atoms with van der Waals surface area (Å²) in [7, 11) is 1.80. The number of benzene rings is 2. The third-order valence-electron chi connectivity index (χ3n) is 2.93. The summed E-state index contributed by atoms with van der Waals surface area (Å²) < 4.78 is 14.4. The first-order chi connectivity index (χ1) is 9.52. The highest BCUT2D eigenvalue weighted by Gasteiger charge is 2.14. The van der Waals surface area contributed by atoms with Crippen LogP contribution in [0.15, 0.2) is 40.9 Å². The van der Waals surface area contributed by atoms with E-state index in [1.807, 2.05) is 18.2 Å². The van der Waals surface area contributed by atoms with E-state index in [0.29, 0.717) is 17.3 Å². The summed E-state index contributed by atoms with van der Waals surface area (Å²) in [5.74, 6) is -0.430. The first kappa shape index (κ1) is 14.8. The maximum absolute atomic E-state index is 14.2. The van der Waals surface area contributed by atoms with Gasteiger partial charge in [0.05, 0.1) is 15.7 Å². The number of hydrogen-bond donors (Lipinski definition) is 0. The SMILES string of the molecule is CN(Cc1ccc(Cl)cc1)c1ccc(C#N)c(Br)c1F. The highest BCUT2D eigenvalue weighted by molar-refractivity contribution is 9.10. The Morgan fingerprint density at radius 3 is 2.50 bits per heavy atom. The van der Waals surface area contributed by atoms with Crippen molar-refractivity contribution in [3.05, 3.63) is 62.8 Å². The third kappa shape index (κ3) is 3.12. The number of nitriles is 1. The molecule has 0 aromatic heterocycles. The Kier molecular flexibility index (Phi) is 4.64. The molecule has 0 amide bonds. The van der Waals surface area contributed by atoms with Crippen molar-refractivity contribution in [2.75, 3.05) is 11.9 Å². The molecule has 2 aromatic carbocycles. The van der Waals surface area contributed by atoms with E-state index in [1.54, 1.807) is 36.2 Å². The molecule has 0 radical (unpaired) electrons. The van der Waals surface area contributed by atoms with Crippen LogP contribution in [0.25, 0.3) is 0 Å². The van der Waals surface area contributed by atoms with Gasteiger partial charge in [-0.05, 0) is 45.8 Å². The zero-order valence-electron chi connectivity index (χ0n) is 10.7. The summed E-state index contributed by atoms with van der Waals surface area (Å²) in [4.78, 5) is 1.78. The molecule has 102 valence electrons. The van der Waals surface area contributed by atoms with Gasteiger partial charge in [-0.15, -0.1) is 0 Å². The molecule has 0 aliphatic rings. The van der Waals surface area contributed by atoms with E-state index >= 15 is 0 Å². The van der Waals surface area contributed by atoms with E-state index in [9.17, 15) is 4.39 Å². The average Bonchev–Trinajstić information content (AvgIpc) is 2.44. The Balaban J connectivity index is 2.26. The first-order valence-corrected chi connectivity index (χ1v) is 7.03. The van der Waals surface area contributed by atoms with Crippen LogP contribution in [0, 0.1) is 17.1 Å². The molecule has 20 heavy (non-hydrogen) atoms. The Morgan fingerprint density at radius 2 is 1.90 bits per heavy atom. The largest absolute Gasteiger partial charge is 0.368 e. The predicted molar refractivity (Wildman–Crippen MR) is 82.4 cm³/mol. The first-order valence-electron chi connectivity index (χ1n) is 5.86. The van der Waals surface area contributed by atoms with Gasteiger partial charge in [0, 0.05) is 18.6 Å². The average molecular weight is 354 g/mol. The summed E-state index contributed by atoms with van der Waals surface area (Å²) >= 11 is 8.95. The molecule has 0 saturated carbocycles. The number of nitrogens with zero attached hydrogens (tertiary/aromatic N) is 2. The highest BCUT2D eigenvalue weighted by atomic mass is 79.9. The maximum atomic E-state index is 14.2. The minimum Gasteiger partial charge on any atom is -0.368 e. The van der Waals surface area contributed by atoms with Gasteiger partial charge >= 0.3 is 0 Å². The topological polar surface area (TPSA) is 27.0 Å². The van der Waals surface area contributed by atoms with E-state index in [2.05, 4.69) is 15.9 Å². The van der Waals surface area contributed by atoms with Crippen LogP contribution in [0.3, 0.4) is 0 Å². The van der Waals surface area contributed by atoms with E-state index in [4.69, 9.17) is 16.9 Å². The molecule has 0 aliphatic carbocycles. The van der Waals surface area contributed by atoms with Gasteiger partial charge < -0.3 is 4.90 Å². The minimum absolute atomic E-state index is 0.195. The normalized spacial score (nSPS) is 10.2. The van der Waals surface area contributed by atoms with Crippen molar-refractivity contribution < 1.29 is 4.39 Å². The third-order valence-corrected chi connectivity index (χ3v) is 3.95. The van der Waals surface area contributed by atoms with E-state index in [-0.39, 0.29) is 10.0 Å². The molecule has 0 atom stereocenters. The molecule has 0 saturated heterocycles. The highest BCUT2D eigenvalue weighted by Crippen LogP contribution is 2.29. The van der Waals surface area contributed by atoms with E-state index < -0.39 is 5.82 Å². The fraction of sp³-hybridized carbons (Fsp3) is 0.133. The number of rotatable bonds is 3. The molecule has 0 aliphatic heterocycles. The van der Waals surface area contributed by atoms with Gasteiger partial charge in [-0.3, -0.25) is 0 Å². The zero-order chi connectivity index (χ0) is 14.7. The Hall–Kier alpha value is -1.57. The van der Waals surface area contributed by atoms with E-state index in [1.165, 1.54) is 0 Å². The smallest absolute Gasteiger partial charge is 0.161 e. The second kappa shape index (κ2) is 6.25. The van der Waals surface area contributed by atoms with E-state index in [0.717, 1.165) is 5.56 Å². The summed E-state index contributed by atoms with van der Waals surface area (Å²) in [6.45, 7) is 0.548. The van der Waals surface area contributed by atoms with Gasteiger partial charge in [0.15, 0.2) is 5.82 Å².